The van der Waals surface area contributed by atoms with Crippen LogP contribution < -0.4 is 10.1 Å². The Kier molecular flexibility index (Phi) is 5.02. The molecule has 1 aliphatic rings. The molecule has 112 valence electrons. The van der Waals surface area contributed by atoms with Crippen LogP contribution >= 0.6 is 0 Å². The fraction of sp³-hybridized carbons (Fsp3) is 0.625. The topological polar surface area (TPSA) is 50.7 Å². The first-order chi connectivity index (χ1) is 9.49. The largest absolute Gasteiger partial charge is 0.491 e. The summed E-state index contributed by atoms with van der Waals surface area (Å²) >= 11 is 0. The number of benzene rings is 1. The first kappa shape index (κ1) is 15.3. The van der Waals surface area contributed by atoms with Crippen LogP contribution in [0.25, 0.3) is 0 Å². The maximum Gasteiger partial charge on any atom is 0.120 e. The van der Waals surface area contributed by atoms with Crippen molar-refractivity contribution < 1.29 is 14.6 Å². The molecule has 1 fully saturated rings. The van der Waals surface area contributed by atoms with Gasteiger partial charge in [-0.05, 0) is 38.5 Å². The van der Waals surface area contributed by atoms with Gasteiger partial charge in [-0.1, -0.05) is 12.1 Å². The third kappa shape index (κ3) is 3.95. The van der Waals surface area contributed by atoms with Crippen LogP contribution in [0.1, 0.15) is 32.8 Å². The van der Waals surface area contributed by atoms with Crippen molar-refractivity contribution in [1.82, 2.24) is 5.32 Å². The molecule has 1 saturated heterocycles. The van der Waals surface area contributed by atoms with Gasteiger partial charge in [-0.3, -0.25) is 0 Å². The van der Waals surface area contributed by atoms with E-state index in [2.05, 4.69) is 11.4 Å². The Bertz CT molecular complexity index is 435. The third-order valence-electron chi connectivity index (χ3n) is 3.69. The Balaban J connectivity index is 1.85. The van der Waals surface area contributed by atoms with Gasteiger partial charge in [0, 0.05) is 26.1 Å². The second-order valence-electron chi connectivity index (χ2n) is 5.78. The van der Waals surface area contributed by atoms with Crippen LogP contribution in [0.4, 0.5) is 0 Å². The van der Waals surface area contributed by atoms with E-state index in [1.165, 1.54) is 0 Å². The molecule has 0 bridgehead atoms. The summed E-state index contributed by atoms with van der Waals surface area (Å²) in [5, 5.41) is 13.7. The molecule has 1 aliphatic heterocycles. The Morgan fingerprint density at radius 2 is 2.30 bits per heavy atom. The molecule has 0 amide bonds. The van der Waals surface area contributed by atoms with Crippen molar-refractivity contribution in [3.05, 3.63) is 29.8 Å². The number of hydrogen-bond acceptors (Lipinski definition) is 4. The zero-order valence-corrected chi connectivity index (χ0v) is 12.6. The fourth-order valence-corrected chi connectivity index (χ4v) is 2.43. The lowest BCUT2D eigenvalue weighted by molar-refractivity contribution is -0.0262. The van der Waals surface area contributed by atoms with E-state index >= 15 is 0 Å². The van der Waals surface area contributed by atoms with E-state index in [1.807, 2.05) is 39.0 Å². The molecule has 1 aromatic rings. The SMILES string of the molecule is CC(C)Oc1cccc(CNCC2(O)CCOC2C)c1. The molecule has 0 aromatic heterocycles. The first-order valence-corrected chi connectivity index (χ1v) is 7.30. The molecule has 4 heteroatoms. The molecule has 0 radical (unpaired) electrons. The Labute approximate surface area is 121 Å². The maximum absolute atomic E-state index is 10.4. The molecular weight excluding hydrogens is 254 g/mol. The van der Waals surface area contributed by atoms with Crippen LogP contribution in [0.3, 0.4) is 0 Å². The molecule has 20 heavy (non-hydrogen) atoms. The van der Waals surface area contributed by atoms with Crippen molar-refractivity contribution in [2.24, 2.45) is 0 Å². The quantitative estimate of drug-likeness (QED) is 0.837. The predicted molar refractivity (Wildman–Crippen MR) is 78.9 cm³/mol. The molecule has 0 spiro atoms. The van der Waals surface area contributed by atoms with Gasteiger partial charge in [-0.2, -0.15) is 0 Å². The van der Waals surface area contributed by atoms with Gasteiger partial charge in [0.15, 0.2) is 0 Å². The summed E-state index contributed by atoms with van der Waals surface area (Å²) in [7, 11) is 0. The fourth-order valence-electron chi connectivity index (χ4n) is 2.43. The van der Waals surface area contributed by atoms with Crippen LogP contribution in [0.15, 0.2) is 24.3 Å². The van der Waals surface area contributed by atoms with E-state index < -0.39 is 5.60 Å². The van der Waals surface area contributed by atoms with Gasteiger partial charge in [0.1, 0.15) is 11.4 Å². The molecule has 2 unspecified atom stereocenters. The lowest BCUT2D eigenvalue weighted by atomic mass is 9.96. The average Bonchev–Trinajstić information content (AvgIpc) is 2.69. The van der Waals surface area contributed by atoms with E-state index in [4.69, 9.17) is 9.47 Å². The van der Waals surface area contributed by atoms with E-state index in [0.29, 0.717) is 26.1 Å². The van der Waals surface area contributed by atoms with Crippen molar-refractivity contribution >= 4 is 0 Å². The van der Waals surface area contributed by atoms with Crippen molar-refractivity contribution in [3.8, 4) is 5.75 Å². The summed E-state index contributed by atoms with van der Waals surface area (Å²) in [5.74, 6) is 0.885. The normalized spacial score (nSPS) is 26.1. The zero-order valence-electron chi connectivity index (χ0n) is 12.6. The van der Waals surface area contributed by atoms with Crippen LogP contribution in [-0.4, -0.2) is 36.1 Å². The number of aliphatic hydroxyl groups is 1. The molecule has 0 aliphatic carbocycles. The molecule has 0 saturated carbocycles. The Morgan fingerprint density at radius 1 is 1.50 bits per heavy atom. The third-order valence-corrected chi connectivity index (χ3v) is 3.69. The van der Waals surface area contributed by atoms with E-state index in [1.54, 1.807) is 0 Å². The minimum atomic E-state index is -0.744. The highest BCUT2D eigenvalue weighted by Crippen LogP contribution is 2.24. The molecule has 2 rings (SSSR count). The van der Waals surface area contributed by atoms with E-state index in [0.717, 1.165) is 11.3 Å². The monoisotopic (exact) mass is 279 g/mol. The van der Waals surface area contributed by atoms with Crippen molar-refractivity contribution in [3.63, 3.8) is 0 Å². The van der Waals surface area contributed by atoms with Crippen LogP contribution in [0.5, 0.6) is 5.75 Å². The highest BCUT2D eigenvalue weighted by molar-refractivity contribution is 5.28. The lowest BCUT2D eigenvalue weighted by Crippen LogP contribution is -2.45. The van der Waals surface area contributed by atoms with Crippen molar-refractivity contribution in [2.75, 3.05) is 13.2 Å². The number of rotatable bonds is 6. The lowest BCUT2D eigenvalue weighted by Gasteiger charge is -2.26. The standard InChI is InChI=1S/C16H25NO3/c1-12(2)20-15-6-4-5-14(9-15)10-17-11-16(18)7-8-19-13(16)3/h4-6,9,12-13,17-18H,7-8,10-11H2,1-3H3. The highest BCUT2D eigenvalue weighted by atomic mass is 16.5. The minimum Gasteiger partial charge on any atom is -0.491 e. The van der Waals surface area contributed by atoms with Gasteiger partial charge >= 0.3 is 0 Å². The summed E-state index contributed by atoms with van der Waals surface area (Å²) in [4.78, 5) is 0. The molecule has 2 N–H and O–H groups in total. The Hall–Kier alpha value is -1.10. The summed E-state index contributed by atoms with van der Waals surface area (Å²) in [5.41, 5.74) is 0.407. The smallest absolute Gasteiger partial charge is 0.120 e. The summed E-state index contributed by atoms with van der Waals surface area (Å²) in [6.07, 6.45) is 0.763. The molecule has 4 nitrogen and oxygen atoms in total. The van der Waals surface area contributed by atoms with E-state index in [9.17, 15) is 5.11 Å². The maximum atomic E-state index is 10.4. The first-order valence-electron chi connectivity index (χ1n) is 7.30. The Morgan fingerprint density at radius 3 is 2.95 bits per heavy atom. The van der Waals surface area contributed by atoms with Crippen molar-refractivity contribution in [1.29, 1.82) is 0 Å². The number of ether oxygens (including phenoxy) is 2. The van der Waals surface area contributed by atoms with Crippen LogP contribution in [-0.2, 0) is 11.3 Å². The van der Waals surface area contributed by atoms with Crippen LogP contribution in [0.2, 0.25) is 0 Å². The van der Waals surface area contributed by atoms with Gasteiger partial charge in [0.2, 0.25) is 0 Å². The summed E-state index contributed by atoms with van der Waals surface area (Å²) in [6, 6.07) is 8.04. The summed E-state index contributed by atoms with van der Waals surface area (Å²) in [6.45, 7) is 7.85. The number of nitrogens with one attached hydrogen (secondary N) is 1. The van der Waals surface area contributed by atoms with Gasteiger partial charge in [-0.25, -0.2) is 0 Å². The van der Waals surface area contributed by atoms with Gasteiger partial charge < -0.3 is 19.9 Å². The molecular formula is C16H25NO3. The average molecular weight is 279 g/mol. The van der Waals surface area contributed by atoms with E-state index in [-0.39, 0.29) is 12.2 Å². The highest BCUT2D eigenvalue weighted by Gasteiger charge is 2.38. The van der Waals surface area contributed by atoms with Gasteiger partial charge in [0.05, 0.1) is 12.2 Å². The van der Waals surface area contributed by atoms with Crippen LogP contribution in [0, 0.1) is 0 Å². The van der Waals surface area contributed by atoms with Gasteiger partial charge in [-0.15, -0.1) is 0 Å². The predicted octanol–water partition coefficient (Wildman–Crippen LogP) is 2.10. The molecule has 2 atom stereocenters. The molecule has 1 aromatic carbocycles. The second kappa shape index (κ2) is 6.57. The molecule has 1 heterocycles. The second-order valence-corrected chi connectivity index (χ2v) is 5.78. The number of hydrogen-bond donors (Lipinski definition) is 2. The van der Waals surface area contributed by atoms with Gasteiger partial charge in [0.25, 0.3) is 0 Å². The van der Waals surface area contributed by atoms with Crippen molar-refractivity contribution in [2.45, 2.75) is 51.5 Å². The minimum absolute atomic E-state index is 0.106. The zero-order chi connectivity index (χ0) is 14.6. The summed E-state index contributed by atoms with van der Waals surface area (Å²) < 4.78 is 11.1.